The lowest BCUT2D eigenvalue weighted by atomic mass is 10.0. The van der Waals surface area contributed by atoms with Crippen LogP contribution in [0.1, 0.15) is 0 Å². The molecule has 47 heavy (non-hydrogen) atoms. The molecule has 11 rings (SSSR count). The Morgan fingerprint density at radius 1 is 0.447 bits per heavy atom. The Morgan fingerprint density at radius 2 is 1.11 bits per heavy atom. The zero-order chi connectivity index (χ0) is 30.6. The molecule has 0 spiro atoms. The van der Waals surface area contributed by atoms with Gasteiger partial charge in [-0.1, -0.05) is 78.9 Å². The summed E-state index contributed by atoms with van der Waals surface area (Å²) in [6.45, 7) is 0. The molecule has 0 fully saturated rings. The molecule has 5 nitrogen and oxygen atoms in total. The monoisotopic (exact) mass is 604 g/mol. The highest BCUT2D eigenvalue weighted by Gasteiger charge is 2.33. The van der Waals surface area contributed by atoms with E-state index >= 15 is 0 Å². The summed E-state index contributed by atoms with van der Waals surface area (Å²) in [5, 5.41) is 4.42. The van der Waals surface area contributed by atoms with E-state index in [-0.39, 0.29) is 0 Å². The molecule has 7 aromatic carbocycles. The van der Waals surface area contributed by atoms with Gasteiger partial charge in [-0.2, -0.15) is 0 Å². The third kappa shape index (κ3) is 3.37. The second-order valence-corrected chi connectivity index (χ2v) is 12.1. The van der Waals surface area contributed by atoms with Gasteiger partial charge in [0, 0.05) is 39.0 Å². The number of furan rings is 1. The van der Waals surface area contributed by atoms with Crippen molar-refractivity contribution in [1.29, 1.82) is 0 Å². The average Bonchev–Trinajstić information content (AvgIpc) is 3.68. The molecule has 2 aliphatic heterocycles. The first-order chi connectivity index (χ1) is 23.3. The molecular weight excluding hydrogens is 580 g/mol. The van der Waals surface area contributed by atoms with Gasteiger partial charge in [-0.05, 0) is 71.8 Å². The zero-order valence-electron chi connectivity index (χ0n) is 25.0. The van der Waals surface area contributed by atoms with Crippen molar-refractivity contribution in [3.63, 3.8) is 0 Å². The quantitative estimate of drug-likeness (QED) is 0.200. The molecule has 0 bridgehead atoms. The molecule has 2 aromatic heterocycles. The number of hydrogen-bond acceptors (Lipinski definition) is 4. The predicted molar refractivity (Wildman–Crippen MR) is 188 cm³/mol. The van der Waals surface area contributed by atoms with E-state index in [0.717, 1.165) is 89.5 Å². The van der Waals surface area contributed by atoms with E-state index in [4.69, 9.17) is 13.9 Å². The lowest BCUT2D eigenvalue weighted by Crippen LogP contribution is -2.12. The number of hydrogen-bond donors (Lipinski definition) is 0. The van der Waals surface area contributed by atoms with Crippen LogP contribution in [0.5, 0.6) is 23.0 Å². The normalized spacial score (nSPS) is 12.6. The number of aromatic nitrogens is 1. The second-order valence-electron chi connectivity index (χ2n) is 12.1. The SMILES string of the molecule is c1ccc(-c2ccc(N(c3ccc4c(c3)oc3ccccc34)c3ccc4c5c3c3cccc6c3n5-c3c(cccc3O4)O6)cc2)cc1. The van der Waals surface area contributed by atoms with E-state index in [2.05, 4.69) is 113 Å². The van der Waals surface area contributed by atoms with E-state index in [1.54, 1.807) is 0 Å². The highest BCUT2D eigenvalue weighted by atomic mass is 16.5. The van der Waals surface area contributed by atoms with Gasteiger partial charge < -0.3 is 18.8 Å². The van der Waals surface area contributed by atoms with Gasteiger partial charge in [0.1, 0.15) is 16.9 Å². The molecular formula is C42H24N2O3. The van der Waals surface area contributed by atoms with Crippen LogP contribution in [0.15, 0.2) is 150 Å². The summed E-state index contributed by atoms with van der Waals surface area (Å²) in [7, 11) is 0. The maximum atomic E-state index is 6.56. The van der Waals surface area contributed by atoms with Crippen LogP contribution in [0.3, 0.4) is 0 Å². The van der Waals surface area contributed by atoms with E-state index in [0.29, 0.717) is 0 Å². The average molecular weight is 605 g/mol. The Balaban J connectivity index is 1.21. The molecule has 4 heterocycles. The molecule has 0 unspecified atom stereocenters. The predicted octanol–water partition coefficient (Wildman–Crippen LogP) is 12.0. The van der Waals surface area contributed by atoms with Crippen LogP contribution in [0.2, 0.25) is 0 Å². The van der Waals surface area contributed by atoms with Crippen LogP contribution in [-0.4, -0.2) is 4.57 Å². The van der Waals surface area contributed by atoms with E-state index < -0.39 is 0 Å². The standard InChI is InChI=1S/C42H24N2O3/c1-2-8-25(9-3-1)26-16-18-27(19-17-26)43(28-20-21-30-29-10-4-5-12-33(29)45-38(30)24-28)32-22-23-37-42-39(32)31-11-6-13-34-40(31)44(42)41-35(46-34)14-7-15-36(41)47-37/h1-24H. The summed E-state index contributed by atoms with van der Waals surface area (Å²) in [6, 6.07) is 50.6. The van der Waals surface area contributed by atoms with E-state index in [1.807, 2.05) is 42.5 Å². The molecule has 0 aliphatic carbocycles. The van der Waals surface area contributed by atoms with Crippen LogP contribution in [0.4, 0.5) is 17.1 Å². The number of benzene rings is 7. The summed E-state index contributed by atoms with van der Waals surface area (Å²) in [6.07, 6.45) is 0. The van der Waals surface area contributed by atoms with Crippen molar-refractivity contribution in [3.05, 3.63) is 146 Å². The second kappa shape index (κ2) is 9.05. The maximum absolute atomic E-state index is 6.56. The first-order valence-electron chi connectivity index (χ1n) is 15.8. The first kappa shape index (κ1) is 24.8. The molecule has 9 aromatic rings. The summed E-state index contributed by atoms with van der Waals surface area (Å²) < 4.78 is 21.7. The summed E-state index contributed by atoms with van der Waals surface area (Å²) in [5.74, 6) is 3.24. The summed E-state index contributed by atoms with van der Waals surface area (Å²) in [5.41, 5.74) is 10.2. The largest absolute Gasteiger partial charge is 0.456 e. The number of fused-ring (bicyclic) bond motifs is 4. The van der Waals surface area contributed by atoms with Crippen LogP contribution >= 0.6 is 0 Å². The third-order valence-electron chi connectivity index (χ3n) is 9.55. The van der Waals surface area contributed by atoms with Gasteiger partial charge in [0.15, 0.2) is 23.0 Å². The van der Waals surface area contributed by atoms with Gasteiger partial charge in [0.05, 0.1) is 16.7 Å². The molecule has 0 atom stereocenters. The lowest BCUT2D eigenvalue weighted by Gasteiger charge is -2.29. The molecule has 2 aliphatic rings. The zero-order valence-corrected chi connectivity index (χ0v) is 25.0. The van der Waals surface area contributed by atoms with Crippen molar-refractivity contribution < 1.29 is 13.9 Å². The minimum Gasteiger partial charge on any atom is -0.456 e. The van der Waals surface area contributed by atoms with Crippen molar-refractivity contribution in [1.82, 2.24) is 4.57 Å². The minimum absolute atomic E-state index is 0.791. The van der Waals surface area contributed by atoms with Crippen LogP contribution in [-0.2, 0) is 0 Å². The minimum atomic E-state index is 0.791. The Labute approximate surface area is 269 Å². The van der Waals surface area contributed by atoms with Crippen LogP contribution in [0.25, 0.3) is 60.6 Å². The Hall–Kier alpha value is -6.46. The highest BCUT2D eigenvalue weighted by Crippen LogP contribution is 2.56. The van der Waals surface area contributed by atoms with Gasteiger partial charge in [0.2, 0.25) is 0 Å². The van der Waals surface area contributed by atoms with Crippen LogP contribution in [0, 0.1) is 0 Å². The summed E-state index contributed by atoms with van der Waals surface area (Å²) >= 11 is 0. The van der Waals surface area contributed by atoms with Crippen molar-refractivity contribution in [2.75, 3.05) is 4.90 Å². The van der Waals surface area contributed by atoms with Gasteiger partial charge in [-0.25, -0.2) is 0 Å². The smallest absolute Gasteiger partial charge is 0.155 e. The lowest BCUT2D eigenvalue weighted by molar-refractivity contribution is 0.444. The molecule has 0 N–H and O–H groups in total. The number of ether oxygens (including phenoxy) is 2. The highest BCUT2D eigenvalue weighted by molar-refractivity contribution is 6.21. The number of anilines is 3. The Morgan fingerprint density at radius 3 is 1.96 bits per heavy atom. The van der Waals surface area contributed by atoms with Gasteiger partial charge in [-0.15, -0.1) is 0 Å². The van der Waals surface area contributed by atoms with Crippen molar-refractivity contribution >= 4 is 60.8 Å². The van der Waals surface area contributed by atoms with E-state index in [1.165, 1.54) is 11.1 Å². The molecule has 5 heteroatoms. The van der Waals surface area contributed by atoms with Gasteiger partial charge in [0.25, 0.3) is 0 Å². The van der Waals surface area contributed by atoms with Crippen molar-refractivity contribution in [2.45, 2.75) is 0 Å². The number of nitrogens with zero attached hydrogens (tertiary/aromatic N) is 2. The van der Waals surface area contributed by atoms with Crippen molar-refractivity contribution in [2.24, 2.45) is 0 Å². The Kier molecular flexibility index (Phi) is 4.78. The molecule has 220 valence electrons. The van der Waals surface area contributed by atoms with Gasteiger partial charge >= 0.3 is 0 Å². The number of para-hydroxylation sites is 3. The van der Waals surface area contributed by atoms with Gasteiger partial charge in [-0.3, -0.25) is 4.57 Å². The molecule has 0 saturated carbocycles. The fourth-order valence-electron chi connectivity index (χ4n) is 7.53. The summed E-state index contributed by atoms with van der Waals surface area (Å²) in [4.78, 5) is 2.33. The molecule has 0 saturated heterocycles. The van der Waals surface area contributed by atoms with Crippen LogP contribution < -0.4 is 14.4 Å². The van der Waals surface area contributed by atoms with Crippen molar-refractivity contribution in [3.8, 4) is 39.8 Å². The van der Waals surface area contributed by atoms with E-state index in [9.17, 15) is 0 Å². The fraction of sp³-hybridized carbons (Fsp3) is 0. The fourth-order valence-corrected chi connectivity index (χ4v) is 7.53. The topological polar surface area (TPSA) is 39.8 Å². The maximum Gasteiger partial charge on any atom is 0.155 e. The molecule has 0 amide bonds. The number of rotatable bonds is 4. The Bertz CT molecular complexity index is 2720. The molecule has 0 radical (unpaired) electrons. The third-order valence-corrected chi connectivity index (χ3v) is 9.55. The first-order valence-corrected chi connectivity index (χ1v) is 15.8.